The Morgan fingerprint density at radius 3 is 1.43 bits per heavy atom. The Morgan fingerprint density at radius 2 is 1.06 bits per heavy atom. The van der Waals surface area contributed by atoms with E-state index in [1.165, 1.54) is 0 Å². The number of hydrogen-bond acceptors (Lipinski definition) is 12. The van der Waals surface area contributed by atoms with E-state index in [-0.39, 0.29) is 56.1 Å². The molecule has 0 aromatic carbocycles. The van der Waals surface area contributed by atoms with Crippen LogP contribution in [0.15, 0.2) is 0 Å². The molecule has 308 valence electrons. The molecule has 0 aliphatic rings. The van der Waals surface area contributed by atoms with Gasteiger partial charge in [-0.3, -0.25) is 9.11 Å². The standard InChI is InChI=1S/C32H74N2O12S2Si3/c1-13-31(3,49(7,8)23-15-19-43-27-29(35)25-33(5)17-21-47(37,38)39)46-51(11,12)32(4,14-2)45-50(9,10)24-16-20-44-28-30(36)26-34(6)18-22-48(40,41)42/h29-30,35-36H,13-28H2,1-12H3,(H,37,38,39)(H,40,41,42)/t29?,30?,31-,32?/m1/s1. The normalized spacial score (nSPS) is 17.5. The molecule has 0 spiro atoms. The molecule has 3 unspecified atom stereocenters. The Morgan fingerprint density at radius 1 is 0.667 bits per heavy atom. The van der Waals surface area contributed by atoms with E-state index in [4.69, 9.17) is 27.4 Å². The molecule has 0 amide bonds. The predicted octanol–water partition coefficient (Wildman–Crippen LogP) is 3.73. The minimum atomic E-state index is -4.04. The van der Waals surface area contributed by atoms with Gasteiger partial charge in [-0.1, -0.05) is 33.0 Å². The second kappa shape index (κ2) is 22.0. The molecule has 4 N–H and O–H groups in total. The molecule has 0 bridgehead atoms. The number of aliphatic hydroxyl groups is 2. The highest BCUT2D eigenvalue weighted by Gasteiger charge is 2.53. The summed E-state index contributed by atoms with van der Waals surface area (Å²) in [5.41, 5.74) is 0. The number of nitrogens with zero attached hydrogens (tertiary/aromatic N) is 2. The summed E-state index contributed by atoms with van der Waals surface area (Å²) in [6.45, 7) is 24.6. The molecule has 0 rings (SSSR count). The summed E-state index contributed by atoms with van der Waals surface area (Å²) < 4.78 is 87.6. The van der Waals surface area contributed by atoms with E-state index in [9.17, 15) is 27.0 Å². The Hall–Kier alpha value is 0.151. The molecule has 14 nitrogen and oxygen atoms in total. The van der Waals surface area contributed by atoms with Crippen LogP contribution in [0.3, 0.4) is 0 Å². The number of rotatable bonds is 30. The Bertz CT molecular complexity index is 1210. The first kappa shape index (κ1) is 51.2. The predicted molar refractivity (Wildman–Crippen MR) is 212 cm³/mol. The molecule has 0 aliphatic carbocycles. The van der Waals surface area contributed by atoms with Crippen molar-refractivity contribution in [2.75, 3.05) is 78.2 Å². The van der Waals surface area contributed by atoms with E-state index < -0.39 is 62.4 Å². The van der Waals surface area contributed by atoms with Gasteiger partial charge in [-0.25, -0.2) is 0 Å². The molecule has 19 heteroatoms. The van der Waals surface area contributed by atoms with Crippen LogP contribution in [0.2, 0.25) is 51.4 Å². The van der Waals surface area contributed by atoms with Gasteiger partial charge in [-0.05, 0) is 85.9 Å². The largest absolute Gasteiger partial charge is 0.412 e. The highest BCUT2D eigenvalue weighted by molar-refractivity contribution is 7.86. The summed E-state index contributed by atoms with van der Waals surface area (Å²) in [7, 11) is -11.2. The van der Waals surface area contributed by atoms with Crippen molar-refractivity contribution >= 4 is 44.9 Å². The minimum Gasteiger partial charge on any atom is -0.412 e. The monoisotopic (exact) mass is 826 g/mol. The van der Waals surface area contributed by atoms with Crippen molar-refractivity contribution in [3.05, 3.63) is 0 Å². The molecular formula is C32H74N2O12S2Si3. The second-order valence-corrected chi connectivity index (χ2v) is 33.3. The van der Waals surface area contributed by atoms with Gasteiger partial charge in [-0.2, -0.15) is 16.8 Å². The van der Waals surface area contributed by atoms with Crippen LogP contribution in [0.1, 0.15) is 53.4 Å². The van der Waals surface area contributed by atoms with E-state index in [2.05, 4.69) is 67.0 Å². The van der Waals surface area contributed by atoms with Crippen LogP contribution < -0.4 is 0 Å². The molecular weight excluding hydrogens is 753 g/mol. The summed E-state index contributed by atoms with van der Waals surface area (Å²) in [6.07, 6.45) is 1.83. The van der Waals surface area contributed by atoms with Gasteiger partial charge in [0.25, 0.3) is 20.2 Å². The molecule has 0 heterocycles. The Labute approximate surface area is 313 Å². The lowest BCUT2D eigenvalue weighted by atomic mass is 10.3. The molecule has 0 saturated heterocycles. The smallest absolute Gasteiger partial charge is 0.266 e. The molecule has 0 radical (unpaired) electrons. The topological polar surface area (TPSA) is 193 Å². The summed E-state index contributed by atoms with van der Waals surface area (Å²) >= 11 is 0. The van der Waals surface area contributed by atoms with Gasteiger partial charge in [0.15, 0.2) is 8.32 Å². The van der Waals surface area contributed by atoms with Crippen LogP contribution in [0.5, 0.6) is 0 Å². The first-order valence-electron chi connectivity index (χ1n) is 18.2. The van der Waals surface area contributed by atoms with Gasteiger partial charge < -0.3 is 38.3 Å². The van der Waals surface area contributed by atoms with Crippen LogP contribution >= 0.6 is 0 Å². The zero-order valence-electron chi connectivity index (χ0n) is 33.7. The quantitative estimate of drug-likeness (QED) is 0.0465. The Balaban J connectivity index is 5.03. The van der Waals surface area contributed by atoms with Gasteiger partial charge >= 0.3 is 0 Å². The fourth-order valence-corrected chi connectivity index (χ4v) is 18.2. The third-order valence-corrected chi connectivity index (χ3v) is 23.6. The number of ether oxygens (including phenoxy) is 2. The van der Waals surface area contributed by atoms with Crippen LogP contribution in [0.4, 0.5) is 0 Å². The minimum absolute atomic E-state index is 0.123. The second-order valence-electron chi connectivity index (χ2n) is 16.3. The van der Waals surface area contributed by atoms with E-state index in [1.54, 1.807) is 23.9 Å². The van der Waals surface area contributed by atoms with Crippen LogP contribution in [0, 0.1) is 0 Å². The fourth-order valence-electron chi connectivity index (χ4n) is 6.11. The number of likely N-dealkylation sites (N-methyl/N-ethyl adjacent to an activating group) is 2. The highest BCUT2D eigenvalue weighted by Crippen LogP contribution is 2.41. The van der Waals surface area contributed by atoms with Crippen molar-refractivity contribution in [3.8, 4) is 0 Å². The SMILES string of the molecule is CCC(C)(O[Si](C)(C)CCCOCC(O)CN(C)CCS(=O)(=O)O)[Si](C)(C)O[C@@](C)(CC)[Si](C)(C)CCCOCC(O)CN(C)CCS(=O)(=O)O. The molecule has 0 aromatic heterocycles. The molecule has 0 saturated carbocycles. The third-order valence-electron chi connectivity index (χ3n) is 10.3. The van der Waals surface area contributed by atoms with Crippen molar-refractivity contribution in [2.45, 2.75) is 127 Å². The van der Waals surface area contributed by atoms with Crippen molar-refractivity contribution in [1.29, 1.82) is 0 Å². The average Bonchev–Trinajstić information content (AvgIpc) is 2.97. The van der Waals surface area contributed by atoms with Crippen molar-refractivity contribution in [1.82, 2.24) is 9.80 Å². The number of aliphatic hydroxyl groups excluding tert-OH is 2. The molecule has 0 aliphatic heterocycles. The van der Waals surface area contributed by atoms with E-state index in [0.29, 0.717) is 13.2 Å². The van der Waals surface area contributed by atoms with Crippen LogP contribution in [-0.4, -0.2) is 172 Å². The molecule has 0 fully saturated rings. The molecule has 4 atom stereocenters. The maximum Gasteiger partial charge on any atom is 0.266 e. The summed E-state index contributed by atoms with van der Waals surface area (Å²) in [5, 5.41) is 19.9. The maximum atomic E-state index is 11.0. The van der Waals surface area contributed by atoms with Gasteiger partial charge in [0.2, 0.25) is 8.32 Å². The Kier molecular flexibility index (Phi) is 22.1. The lowest BCUT2D eigenvalue weighted by molar-refractivity contribution is 0.0211. The summed E-state index contributed by atoms with van der Waals surface area (Å²) in [5.74, 6) is -0.763. The van der Waals surface area contributed by atoms with Gasteiger partial charge in [0.05, 0.1) is 50.2 Å². The maximum absolute atomic E-state index is 11.0. The van der Waals surface area contributed by atoms with E-state index in [0.717, 1.165) is 37.8 Å². The zero-order valence-corrected chi connectivity index (χ0v) is 38.4. The van der Waals surface area contributed by atoms with Crippen molar-refractivity contribution < 1.29 is 54.5 Å². The summed E-state index contributed by atoms with van der Waals surface area (Å²) in [4.78, 5) is 3.29. The van der Waals surface area contributed by atoms with Crippen LogP contribution in [-0.2, 0) is 38.6 Å². The summed E-state index contributed by atoms with van der Waals surface area (Å²) in [6, 6.07) is 1.88. The van der Waals surface area contributed by atoms with Crippen molar-refractivity contribution in [3.63, 3.8) is 0 Å². The van der Waals surface area contributed by atoms with Crippen molar-refractivity contribution in [2.24, 2.45) is 0 Å². The van der Waals surface area contributed by atoms with E-state index >= 15 is 0 Å². The lowest BCUT2D eigenvalue weighted by Gasteiger charge is -2.53. The van der Waals surface area contributed by atoms with Gasteiger partial charge in [0.1, 0.15) is 0 Å². The molecule has 51 heavy (non-hydrogen) atoms. The zero-order chi connectivity index (χ0) is 40.0. The fraction of sp³-hybridized carbons (Fsp3) is 1.00. The average molecular weight is 827 g/mol. The van der Waals surface area contributed by atoms with Gasteiger partial charge in [0, 0.05) is 44.6 Å². The first-order chi connectivity index (χ1) is 23.0. The van der Waals surface area contributed by atoms with Crippen LogP contribution in [0.25, 0.3) is 0 Å². The van der Waals surface area contributed by atoms with Gasteiger partial charge in [-0.15, -0.1) is 0 Å². The highest BCUT2D eigenvalue weighted by atomic mass is 32.2. The third kappa shape index (κ3) is 21.1. The molecule has 0 aromatic rings. The first-order valence-corrected chi connectivity index (χ1v) is 30.7. The number of hydrogen-bond donors (Lipinski definition) is 4. The lowest BCUT2D eigenvalue weighted by Crippen LogP contribution is -2.66. The van der Waals surface area contributed by atoms with E-state index in [1.807, 2.05) is 0 Å².